The fraction of sp³-hybridized carbons (Fsp3) is 0.375. The molecular weight excluding hydrogens is 392 g/mol. The van der Waals surface area contributed by atoms with Gasteiger partial charge in [0.1, 0.15) is 0 Å². The van der Waals surface area contributed by atoms with Gasteiger partial charge in [0.05, 0.1) is 5.75 Å². The smallest absolute Gasteiger partial charge is 0.234 e. The summed E-state index contributed by atoms with van der Waals surface area (Å²) < 4.78 is 2.06. The molecule has 6 heteroatoms. The zero-order chi connectivity index (χ0) is 21.9. The van der Waals surface area contributed by atoms with Crippen LogP contribution in [0.2, 0.25) is 0 Å². The first-order valence-corrected chi connectivity index (χ1v) is 11.2. The third-order valence-corrected chi connectivity index (χ3v) is 6.01. The predicted molar refractivity (Wildman–Crippen MR) is 125 cm³/mol. The van der Waals surface area contributed by atoms with Crippen LogP contribution in [-0.2, 0) is 16.8 Å². The van der Waals surface area contributed by atoms with E-state index in [1.165, 1.54) is 17.3 Å². The Labute approximate surface area is 183 Å². The van der Waals surface area contributed by atoms with E-state index >= 15 is 0 Å². The zero-order valence-electron chi connectivity index (χ0n) is 18.6. The second kappa shape index (κ2) is 9.04. The lowest BCUT2D eigenvalue weighted by atomic mass is 9.87. The summed E-state index contributed by atoms with van der Waals surface area (Å²) in [6, 6.07) is 14.5. The largest absolute Gasteiger partial charge is 0.325 e. The van der Waals surface area contributed by atoms with Gasteiger partial charge in [-0.2, -0.15) is 0 Å². The zero-order valence-corrected chi connectivity index (χ0v) is 19.4. The van der Waals surface area contributed by atoms with Gasteiger partial charge in [-0.15, -0.1) is 10.2 Å². The van der Waals surface area contributed by atoms with E-state index in [9.17, 15) is 4.79 Å². The summed E-state index contributed by atoms with van der Waals surface area (Å²) in [4.78, 5) is 12.5. The van der Waals surface area contributed by atoms with Gasteiger partial charge in [0.15, 0.2) is 11.0 Å². The first-order chi connectivity index (χ1) is 14.2. The van der Waals surface area contributed by atoms with Crippen LogP contribution in [0.4, 0.5) is 5.69 Å². The van der Waals surface area contributed by atoms with Crippen molar-refractivity contribution < 1.29 is 4.79 Å². The van der Waals surface area contributed by atoms with Crippen molar-refractivity contribution in [2.24, 2.45) is 0 Å². The van der Waals surface area contributed by atoms with E-state index in [1.807, 2.05) is 32.0 Å². The first kappa shape index (κ1) is 22.1. The van der Waals surface area contributed by atoms with Crippen molar-refractivity contribution >= 4 is 23.4 Å². The van der Waals surface area contributed by atoms with E-state index in [1.54, 1.807) is 0 Å². The van der Waals surface area contributed by atoms with Crippen LogP contribution in [0, 0.1) is 13.8 Å². The molecule has 5 nitrogen and oxygen atoms in total. The number of carbonyl (C=O) groups is 1. The van der Waals surface area contributed by atoms with Crippen LogP contribution in [0.15, 0.2) is 47.6 Å². The highest BCUT2D eigenvalue weighted by molar-refractivity contribution is 7.99. The van der Waals surface area contributed by atoms with Crippen LogP contribution in [0.1, 0.15) is 44.4 Å². The lowest BCUT2D eigenvalue weighted by Crippen LogP contribution is -2.15. The van der Waals surface area contributed by atoms with Crippen LogP contribution in [0.3, 0.4) is 0 Å². The maximum Gasteiger partial charge on any atom is 0.234 e. The van der Waals surface area contributed by atoms with E-state index < -0.39 is 0 Å². The second-order valence-electron chi connectivity index (χ2n) is 8.53. The monoisotopic (exact) mass is 422 g/mol. The number of nitrogens with zero attached hydrogens (tertiary/aromatic N) is 3. The Balaban J connectivity index is 1.71. The van der Waals surface area contributed by atoms with Crippen molar-refractivity contribution in [2.45, 2.75) is 58.7 Å². The molecule has 1 amide bonds. The Bertz CT molecular complexity index is 1030. The van der Waals surface area contributed by atoms with Crippen molar-refractivity contribution in [2.75, 3.05) is 11.1 Å². The number of carbonyl (C=O) groups excluding carboxylic acids is 1. The normalized spacial score (nSPS) is 11.5. The molecule has 0 aliphatic heterocycles. The molecule has 3 aromatic rings. The average molecular weight is 423 g/mol. The summed E-state index contributed by atoms with van der Waals surface area (Å²) in [5.41, 5.74) is 5.46. The van der Waals surface area contributed by atoms with Crippen LogP contribution in [0.25, 0.3) is 11.4 Å². The number of nitrogens with one attached hydrogen (secondary N) is 1. The molecule has 1 aromatic heterocycles. The van der Waals surface area contributed by atoms with Gasteiger partial charge in [-0.05, 0) is 48.9 Å². The van der Waals surface area contributed by atoms with Crippen molar-refractivity contribution in [1.29, 1.82) is 0 Å². The minimum Gasteiger partial charge on any atom is -0.325 e. The van der Waals surface area contributed by atoms with Crippen molar-refractivity contribution in [3.05, 3.63) is 59.2 Å². The van der Waals surface area contributed by atoms with Crippen molar-refractivity contribution in [1.82, 2.24) is 14.8 Å². The number of aromatic nitrogens is 3. The quantitative estimate of drug-likeness (QED) is 0.525. The van der Waals surface area contributed by atoms with Gasteiger partial charge < -0.3 is 9.88 Å². The Hall–Kier alpha value is -2.60. The van der Waals surface area contributed by atoms with E-state index in [2.05, 4.69) is 72.0 Å². The molecule has 0 saturated carbocycles. The molecule has 158 valence electrons. The third-order valence-electron chi connectivity index (χ3n) is 5.04. The number of benzene rings is 2. The van der Waals surface area contributed by atoms with Crippen molar-refractivity contribution in [3.63, 3.8) is 0 Å². The Morgan fingerprint density at radius 2 is 1.77 bits per heavy atom. The Morgan fingerprint density at radius 1 is 1.07 bits per heavy atom. The summed E-state index contributed by atoms with van der Waals surface area (Å²) in [6.45, 7) is 13.4. The van der Waals surface area contributed by atoms with Crippen LogP contribution >= 0.6 is 11.8 Å². The summed E-state index contributed by atoms with van der Waals surface area (Å²) in [5, 5.41) is 12.5. The fourth-order valence-corrected chi connectivity index (χ4v) is 4.00. The van der Waals surface area contributed by atoms with Gasteiger partial charge in [-0.3, -0.25) is 4.79 Å². The third kappa shape index (κ3) is 5.11. The van der Waals surface area contributed by atoms with Crippen LogP contribution < -0.4 is 5.32 Å². The number of thioether (sulfide) groups is 1. The molecule has 0 aliphatic carbocycles. The number of anilines is 1. The SMILES string of the molecule is CCn1c(SCC(=O)Nc2cc(C)ccc2C)nnc1-c1ccc(C(C)(C)C)cc1. The molecule has 3 rings (SSSR count). The van der Waals surface area contributed by atoms with Crippen LogP contribution in [0.5, 0.6) is 0 Å². The second-order valence-corrected chi connectivity index (χ2v) is 9.48. The van der Waals surface area contributed by atoms with Gasteiger partial charge in [0.2, 0.25) is 5.91 Å². The minimum atomic E-state index is -0.0459. The van der Waals surface area contributed by atoms with Gasteiger partial charge >= 0.3 is 0 Å². The Morgan fingerprint density at radius 3 is 2.40 bits per heavy atom. The molecule has 1 N–H and O–H groups in total. The molecule has 0 saturated heterocycles. The average Bonchev–Trinajstić information content (AvgIpc) is 3.11. The summed E-state index contributed by atoms with van der Waals surface area (Å²) in [5.74, 6) is 1.07. The number of amides is 1. The van der Waals surface area contributed by atoms with Gasteiger partial charge in [0, 0.05) is 17.8 Å². The topological polar surface area (TPSA) is 59.8 Å². The number of hydrogen-bond donors (Lipinski definition) is 1. The van der Waals surface area contributed by atoms with E-state index in [4.69, 9.17) is 0 Å². The fourth-order valence-electron chi connectivity index (χ4n) is 3.20. The Kier molecular flexibility index (Phi) is 6.66. The standard InChI is InChI=1S/C24H30N4OS/c1-7-28-22(18-10-12-19(13-11-18)24(4,5)6)26-27-23(28)30-15-21(29)25-20-14-16(2)8-9-17(20)3/h8-14H,7,15H2,1-6H3,(H,25,29). The highest BCUT2D eigenvalue weighted by atomic mass is 32.2. The summed E-state index contributed by atoms with van der Waals surface area (Å²) in [7, 11) is 0. The number of aryl methyl sites for hydroxylation is 2. The van der Waals surface area contributed by atoms with E-state index in [0.29, 0.717) is 0 Å². The van der Waals surface area contributed by atoms with Crippen LogP contribution in [-0.4, -0.2) is 26.4 Å². The highest BCUT2D eigenvalue weighted by Crippen LogP contribution is 2.28. The number of hydrogen-bond acceptors (Lipinski definition) is 4. The van der Waals surface area contributed by atoms with Gasteiger partial charge in [-0.25, -0.2) is 0 Å². The molecule has 0 bridgehead atoms. The molecule has 1 heterocycles. The lowest BCUT2D eigenvalue weighted by Gasteiger charge is -2.19. The molecule has 0 unspecified atom stereocenters. The molecule has 30 heavy (non-hydrogen) atoms. The van der Waals surface area contributed by atoms with E-state index in [-0.39, 0.29) is 17.1 Å². The molecule has 0 spiro atoms. The lowest BCUT2D eigenvalue weighted by molar-refractivity contribution is -0.113. The highest BCUT2D eigenvalue weighted by Gasteiger charge is 2.17. The molecular formula is C24H30N4OS. The predicted octanol–water partition coefficient (Wildman–Crippen LogP) is 5.61. The molecule has 0 aliphatic rings. The maximum atomic E-state index is 12.5. The number of rotatable bonds is 6. The molecule has 0 radical (unpaired) electrons. The first-order valence-electron chi connectivity index (χ1n) is 10.2. The molecule has 0 fully saturated rings. The van der Waals surface area contributed by atoms with Crippen molar-refractivity contribution in [3.8, 4) is 11.4 Å². The maximum absolute atomic E-state index is 12.5. The van der Waals surface area contributed by atoms with Gasteiger partial charge in [-0.1, -0.05) is 68.9 Å². The molecule has 0 atom stereocenters. The summed E-state index contributed by atoms with van der Waals surface area (Å²) >= 11 is 1.41. The summed E-state index contributed by atoms with van der Waals surface area (Å²) in [6.07, 6.45) is 0. The minimum absolute atomic E-state index is 0.0459. The molecule has 2 aromatic carbocycles. The van der Waals surface area contributed by atoms with Gasteiger partial charge in [0.25, 0.3) is 0 Å². The van der Waals surface area contributed by atoms with E-state index in [0.717, 1.165) is 39.9 Å².